The number of rotatable bonds is 10. The molecule has 2 aliphatic carbocycles. The minimum atomic E-state index is -1.08. The second kappa shape index (κ2) is 13.0. The molecule has 214 valence electrons. The van der Waals surface area contributed by atoms with Crippen LogP contribution in [0.25, 0.3) is 11.1 Å². The smallest absolute Gasteiger partial charge is 0.407 e. The van der Waals surface area contributed by atoms with Gasteiger partial charge < -0.3 is 25.2 Å². The standard InChI is InChI=1S/C33H36N2O6/c1-21(40-19-22-11-3-2-4-12-22)30(31(36)34-29-18-10-9-17-27(29)32(37)38)35-33(39)41-20-28-25-15-7-5-13-23(25)24-14-6-8-16-26(24)28/h2-8,11-16,21,27-30H,9-10,17-20H2,1H3,(H,34,36)(H,35,39)(H,37,38)/t21?,27-,29+,30?/m1/s1. The number of fused-ring (bicyclic) bond motifs is 3. The van der Waals surface area contributed by atoms with Crippen LogP contribution < -0.4 is 10.6 Å². The molecule has 2 unspecified atom stereocenters. The lowest BCUT2D eigenvalue weighted by atomic mass is 9.84. The zero-order chi connectivity index (χ0) is 28.8. The summed E-state index contributed by atoms with van der Waals surface area (Å²) in [7, 11) is 0. The number of carboxylic acids is 1. The normalized spacial score (nSPS) is 19.3. The van der Waals surface area contributed by atoms with E-state index < -0.39 is 42.1 Å². The number of aliphatic carboxylic acids is 1. The molecule has 4 atom stereocenters. The number of carboxylic acid groups (broad SMARTS) is 1. The molecular weight excluding hydrogens is 520 g/mol. The van der Waals surface area contributed by atoms with Gasteiger partial charge >= 0.3 is 12.1 Å². The molecule has 0 bridgehead atoms. The zero-order valence-corrected chi connectivity index (χ0v) is 23.1. The molecule has 0 radical (unpaired) electrons. The molecule has 1 fully saturated rings. The molecule has 0 aromatic heterocycles. The summed E-state index contributed by atoms with van der Waals surface area (Å²) in [6.07, 6.45) is 1.27. The van der Waals surface area contributed by atoms with E-state index in [-0.39, 0.29) is 19.1 Å². The first-order valence-electron chi connectivity index (χ1n) is 14.2. The van der Waals surface area contributed by atoms with Gasteiger partial charge in [-0.1, -0.05) is 91.7 Å². The van der Waals surface area contributed by atoms with Crippen LogP contribution in [-0.4, -0.2) is 47.9 Å². The third-order valence-corrected chi connectivity index (χ3v) is 8.14. The average molecular weight is 557 g/mol. The van der Waals surface area contributed by atoms with Crippen LogP contribution in [0.4, 0.5) is 4.79 Å². The summed E-state index contributed by atoms with van der Waals surface area (Å²) in [4.78, 5) is 38.4. The summed E-state index contributed by atoms with van der Waals surface area (Å²) < 4.78 is 11.7. The summed E-state index contributed by atoms with van der Waals surface area (Å²) in [5, 5.41) is 15.3. The third-order valence-electron chi connectivity index (χ3n) is 8.14. The molecule has 8 heteroatoms. The Morgan fingerprint density at radius 2 is 1.49 bits per heavy atom. The van der Waals surface area contributed by atoms with E-state index in [2.05, 4.69) is 22.8 Å². The lowest BCUT2D eigenvalue weighted by molar-refractivity contribution is -0.144. The maximum absolute atomic E-state index is 13.5. The Balaban J connectivity index is 1.27. The number of ether oxygens (including phenoxy) is 2. The van der Waals surface area contributed by atoms with Gasteiger partial charge in [-0.15, -0.1) is 0 Å². The maximum Gasteiger partial charge on any atom is 0.407 e. The van der Waals surface area contributed by atoms with E-state index in [0.29, 0.717) is 12.8 Å². The van der Waals surface area contributed by atoms with Crippen molar-refractivity contribution >= 4 is 18.0 Å². The van der Waals surface area contributed by atoms with Gasteiger partial charge in [0.05, 0.1) is 18.6 Å². The summed E-state index contributed by atoms with van der Waals surface area (Å²) >= 11 is 0. The Morgan fingerprint density at radius 3 is 2.15 bits per heavy atom. The first-order chi connectivity index (χ1) is 19.9. The number of carbonyl (C=O) groups is 3. The largest absolute Gasteiger partial charge is 0.481 e. The van der Waals surface area contributed by atoms with Crippen LogP contribution in [0.5, 0.6) is 0 Å². The number of amides is 2. The van der Waals surface area contributed by atoms with Crippen molar-refractivity contribution in [3.63, 3.8) is 0 Å². The topological polar surface area (TPSA) is 114 Å². The van der Waals surface area contributed by atoms with E-state index in [4.69, 9.17) is 9.47 Å². The van der Waals surface area contributed by atoms with Crippen LogP contribution in [0.1, 0.15) is 55.2 Å². The van der Waals surface area contributed by atoms with Crippen LogP contribution >= 0.6 is 0 Å². The van der Waals surface area contributed by atoms with Crippen LogP contribution in [-0.2, 0) is 25.7 Å². The predicted octanol–water partition coefficient (Wildman–Crippen LogP) is 5.26. The highest BCUT2D eigenvalue weighted by molar-refractivity contribution is 5.87. The molecule has 8 nitrogen and oxygen atoms in total. The molecule has 0 aliphatic heterocycles. The van der Waals surface area contributed by atoms with Crippen molar-refractivity contribution in [2.45, 2.75) is 63.3 Å². The van der Waals surface area contributed by atoms with E-state index in [9.17, 15) is 19.5 Å². The van der Waals surface area contributed by atoms with Crippen molar-refractivity contribution in [1.82, 2.24) is 10.6 Å². The zero-order valence-electron chi connectivity index (χ0n) is 23.1. The number of hydrogen-bond donors (Lipinski definition) is 3. The molecular formula is C33H36N2O6. The van der Waals surface area contributed by atoms with Gasteiger partial charge in [0.2, 0.25) is 5.91 Å². The molecule has 0 saturated heterocycles. The Bertz CT molecular complexity index is 1330. The van der Waals surface area contributed by atoms with Gasteiger partial charge in [0.1, 0.15) is 12.6 Å². The highest BCUT2D eigenvalue weighted by atomic mass is 16.5. The molecule has 3 N–H and O–H groups in total. The van der Waals surface area contributed by atoms with Crippen molar-refractivity contribution in [3.05, 3.63) is 95.6 Å². The van der Waals surface area contributed by atoms with E-state index in [0.717, 1.165) is 40.7 Å². The van der Waals surface area contributed by atoms with Crippen molar-refractivity contribution in [3.8, 4) is 11.1 Å². The molecule has 0 heterocycles. The van der Waals surface area contributed by atoms with Crippen molar-refractivity contribution in [1.29, 1.82) is 0 Å². The van der Waals surface area contributed by atoms with Crippen molar-refractivity contribution in [2.24, 2.45) is 5.92 Å². The van der Waals surface area contributed by atoms with Gasteiger partial charge in [-0.25, -0.2) is 4.79 Å². The second-order valence-corrected chi connectivity index (χ2v) is 10.8. The average Bonchev–Trinajstić information content (AvgIpc) is 3.31. The quantitative estimate of drug-likeness (QED) is 0.314. The molecule has 41 heavy (non-hydrogen) atoms. The van der Waals surface area contributed by atoms with Crippen LogP contribution in [0.2, 0.25) is 0 Å². The lowest BCUT2D eigenvalue weighted by Gasteiger charge is -2.32. The van der Waals surface area contributed by atoms with E-state index >= 15 is 0 Å². The number of benzene rings is 3. The van der Waals surface area contributed by atoms with Gasteiger partial charge in [-0.2, -0.15) is 0 Å². The fourth-order valence-corrected chi connectivity index (χ4v) is 5.93. The highest BCUT2D eigenvalue weighted by Gasteiger charge is 2.36. The van der Waals surface area contributed by atoms with Gasteiger partial charge in [0.25, 0.3) is 0 Å². The molecule has 1 saturated carbocycles. The minimum Gasteiger partial charge on any atom is -0.481 e. The second-order valence-electron chi connectivity index (χ2n) is 10.8. The number of carbonyl (C=O) groups excluding carboxylic acids is 2. The van der Waals surface area contributed by atoms with Gasteiger partial charge in [-0.3, -0.25) is 9.59 Å². The fourth-order valence-electron chi connectivity index (χ4n) is 5.93. The van der Waals surface area contributed by atoms with Crippen LogP contribution in [0, 0.1) is 5.92 Å². The molecule has 2 amide bonds. The number of alkyl carbamates (subject to hydrolysis) is 1. The fraction of sp³-hybridized carbons (Fsp3) is 0.364. The predicted molar refractivity (Wildman–Crippen MR) is 154 cm³/mol. The Hall–Kier alpha value is -4.17. The van der Waals surface area contributed by atoms with Gasteiger partial charge in [-0.05, 0) is 47.6 Å². The molecule has 2 aliphatic rings. The number of nitrogens with one attached hydrogen (secondary N) is 2. The summed E-state index contributed by atoms with van der Waals surface area (Å²) in [6.45, 7) is 2.07. The molecule has 5 rings (SSSR count). The van der Waals surface area contributed by atoms with E-state index in [1.807, 2.05) is 66.7 Å². The monoisotopic (exact) mass is 556 g/mol. The SMILES string of the molecule is CC(OCc1ccccc1)C(NC(=O)OCC1c2ccccc2-c2ccccc21)C(=O)N[C@H]1CCCC[C@H]1C(=O)O. The molecule has 3 aromatic rings. The maximum atomic E-state index is 13.5. The van der Waals surface area contributed by atoms with Crippen molar-refractivity contribution in [2.75, 3.05) is 6.61 Å². The van der Waals surface area contributed by atoms with Crippen molar-refractivity contribution < 1.29 is 29.0 Å². The minimum absolute atomic E-state index is 0.108. The first-order valence-corrected chi connectivity index (χ1v) is 14.2. The van der Waals surface area contributed by atoms with Gasteiger partial charge in [0.15, 0.2) is 0 Å². The Kier molecular flexibility index (Phi) is 8.99. The van der Waals surface area contributed by atoms with Crippen LogP contribution in [0.3, 0.4) is 0 Å². The van der Waals surface area contributed by atoms with E-state index in [1.165, 1.54) is 0 Å². The lowest BCUT2D eigenvalue weighted by Crippen LogP contribution is -2.57. The first kappa shape index (κ1) is 28.4. The van der Waals surface area contributed by atoms with Crippen LogP contribution in [0.15, 0.2) is 78.9 Å². The summed E-state index contributed by atoms with van der Waals surface area (Å²) in [5.74, 6) is -2.20. The summed E-state index contributed by atoms with van der Waals surface area (Å²) in [5.41, 5.74) is 5.35. The molecule has 0 spiro atoms. The highest BCUT2D eigenvalue weighted by Crippen LogP contribution is 2.44. The third kappa shape index (κ3) is 6.60. The molecule has 3 aromatic carbocycles. The van der Waals surface area contributed by atoms with E-state index in [1.54, 1.807) is 6.92 Å². The Labute approximate surface area is 240 Å². The Morgan fingerprint density at radius 1 is 0.878 bits per heavy atom. The number of hydrogen-bond acceptors (Lipinski definition) is 5. The van der Waals surface area contributed by atoms with Gasteiger partial charge in [0, 0.05) is 12.0 Å². The summed E-state index contributed by atoms with van der Waals surface area (Å²) in [6, 6.07) is 24.1.